The number of aryl methyl sites for hydroxylation is 1. The van der Waals surface area contributed by atoms with Crippen molar-refractivity contribution in [1.29, 1.82) is 0 Å². The molecule has 7 heteroatoms. The lowest BCUT2D eigenvalue weighted by molar-refractivity contribution is -0.122. The van der Waals surface area contributed by atoms with E-state index in [2.05, 4.69) is 22.1 Å². The zero-order valence-corrected chi connectivity index (χ0v) is 17.4. The summed E-state index contributed by atoms with van der Waals surface area (Å²) in [5.74, 6) is -0.453. The SMILES string of the molecule is CCN1CCc2nc(NC(=O)[C@@H]3CC(=O)N(c4cccc(C)c4C)C3)sc2C1. The highest BCUT2D eigenvalue weighted by Crippen LogP contribution is 2.32. The van der Waals surface area contributed by atoms with E-state index < -0.39 is 0 Å². The fraction of sp³-hybridized carbons (Fsp3) is 0.476. The van der Waals surface area contributed by atoms with E-state index in [4.69, 9.17) is 0 Å². The summed E-state index contributed by atoms with van der Waals surface area (Å²) in [6.07, 6.45) is 1.17. The van der Waals surface area contributed by atoms with Gasteiger partial charge in [-0.25, -0.2) is 4.98 Å². The van der Waals surface area contributed by atoms with Crippen molar-refractivity contribution < 1.29 is 9.59 Å². The highest BCUT2D eigenvalue weighted by Gasteiger charge is 2.36. The molecule has 0 bridgehead atoms. The van der Waals surface area contributed by atoms with Gasteiger partial charge in [-0.3, -0.25) is 14.5 Å². The first-order chi connectivity index (χ1) is 13.5. The van der Waals surface area contributed by atoms with Gasteiger partial charge in [0.25, 0.3) is 0 Å². The number of hydrogen-bond donors (Lipinski definition) is 1. The van der Waals surface area contributed by atoms with Gasteiger partial charge in [-0.1, -0.05) is 19.1 Å². The summed E-state index contributed by atoms with van der Waals surface area (Å²) < 4.78 is 0. The first-order valence-electron chi connectivity index (χ1n) is 9.84. The second kappa shape index (κ2) is 7.64. The number of hydrogen-bond acceptors (Lipinski definition) is 5. The molecule has 4 rings (SSSR count). The predicted molar refractivity (Wildman–Crippen MR) is 112 cm³/mol. The van der Waals surface area contributed by atoms with E-state index in [0.29, 0.717) is 11.7 Å². The average Bonchev–Trinajstić information content (AvgIpc) is 3.26. The Labute approximate surface area is 169 Å². The van der Waals surface area contributed by atoms with E-state index in [1.807, 2.05) is 32.0 Å². The third kappa shape index (κ3) is 3.56. The highest BCUT2D eigenvalue weighted by molar-refractivity contribution is 7.15. The first kappa shape index (κ1) is 19.1. The Morgan fingerprint density at radius 1 is 1.36 bits per heavy atom. The summed E-state index contributed by atoms with van der Waals surface area (Å²) in [6, 6.07) is 5.94. The smallest absolute Gasteiger partial charge is 0.231 e. The number of anilines is 2. The number of carbonyl (C=O) groups is 2. The largest absolute Gasteiger partial charge is 0.311 e. The van der Waals surface area contributed by atoms with Gasteiger partial charge in [0.15, 0.2) is 5.13 Å². The van der Waals surface area contributed by atoms with Crippen molar-refractivity contribution in [1.82, 2.24) is 9.88 Å². The second-order valence-corrected chi connectivity index (χ2v) is 8.70. The monoisotopic (exact) mass is 398 g/mol. The number of carbonyl (C=O) groups excluding carboxylic acids is 2. The van der Waals surface area contributed by atoms with Crippen LogP contribution in [0.1, 0.15) is 35.0 Å². The molecule has 1 fully saturated rings. The van der Waals surface area contributed by atoms with E-state index in [1.165, 1.54) is 4.88 Å². The molecule has 2 amide bonds. The molecule has 1 aromatic carbocycles. The van der Waals surface area contributed by atoms with E-state index in [0.717, 1.165) is 48.6 Å². The number of thiazole rings is 1. The van der Waals surface area contributed by atoms with Gasteiger partial charge in [0.05, 0.1) is 11.6 Å². The minimum absolute atomic E-state index is 0.00544. The molecule has 0 unspecified atom stereocenters. The number of nitrogens with one attached hydrogen (secondary N) is 1. The van der Waals surface area contributed by atoms with Crippen molar-refractivity contribution in [3.8, 4) is 0 Å². The minimum atomic E-state index is -0.347. The summed E-state index contributed by atoms with van der Waals surface area (Å²) in [5, 5.41) is 3.62. The van der Waals surface area contributed by atoms with E-state index in [-0.39, 0.29) is 24.2 Å². The second-order valence-electron chi connectivity index (χ2n) is 7.62. The van der Waals surface area contributed by atoms with Gasteiger partial charge in [0.2, 0.25) is 11.8 Å². The van der Waals surface area contributed by atoms with Crippen LogP contribution in [0.5, 0.6) is 0 Å². The minimum Gasteiger partial charge on any atom is -0.311 e. The number of amides is 2. The Kier molecular flexibility index (Phi) is 5.21. The number of likely N-dealkylation sites (N-methyl/N-ethyl adjacent to an activating group) is 1. The quantitative estimate of drug-likeness (QED) is 0.859. The molecule has 0 radical (unpaired) electrons. The summed E-state index contributed by atoms with van der Waals surface area (Å²) in [5.41, 5.74) is 4.24. The van der Waals surface area contributed by atoms with Gasteiger partial charge in [-0.15, -0.1) is 11.3 Å². The lowest BCUT2D eigenvalue weighted by Gasteiger charge is -2.23. The van der Waals surface area contributed by atoms with E-state index >= 15 is 0 Å². The van der Waals surface area contributed by atoms with Crippen LogP contribution in [-0.4, -0.2) is 41.3 Å². The molecule has 28 heavy (non-hydrogen) atoms. The Balaban J connectivity index is 1.44. The normalized spacial score (nSPS) is 19.8. The molecule has 1 aromatic heterocycles. The van der Waals surface area contributed by atoms with Gasteiger partial charge in [-0.2, -0.15) is 0 Å². The topological polar surface area (TPSA) is 65.5 Å². The molecule has 0 spiro atoms. The third-order valence-corrected chi connectivity index (χ3v) is 6.85. The molecule has 0 saturated carbocycles. The van der Waals surface area contributed by atoms with Gasteiger partial charge in [0, 0.05) is 43.0 Å². The molecule has 6 nitrogen and oxygen atoms in total. The van der Waals surface area contributed by atoms with Crippen molar-refractivity contribution >= 4 is 34.0 Å². The van der Waals surface area contributed by atoms with Crippen LogP contribution in [0, 0.1) is 19.8 Å². The maximum Gasteiger partial charge on any atom is 0.231 e. The molecule has 1 atom stereocenters. The molecule has 148 valence electrons. The van der Waals surface area contributed by atoms with E-state index in [1.54, 1.807) is 16.2 Å². The Hall–Kier alpha value is -2.25. The molecule has 2 aliphatic heterocycles. The lowest BCUT2D eigenvalue weighted by atomic mass is 10.1. The molecular formula is C21H26N4O2S. The van der Waals surface area contributed by atoms with Crippen molar-refractivity contribution in [2.75, 3.05) is 29.9 Å². The number of nitrogens with zero attached hydrogens (tertiary/aromatic N) is 3. The van der Waals surface area contributed by atoms with Crippen LogP contribution in [0.4, 0.5) is 10.8 Å². The van der Waals surface area contributed by atoms with Crippen LogP contribution in [0.2, 0.25) is 0 Å². The van der Waals surface area contributed by atoms with Gasteiger partial charge in [-0.05, 0) is 37.6 Å². The Morgan fingerprint density at radius 2 is 2.18 bits per heavy atom. The van der Waals surface area contributed by atoms with Crippen LogP contribution in [0.3, 0.4) is 0 Å². The molecule has 3 heterocycles. The van der Waals surface area contributed by atoms with Crippen LogP contribution in [-0.2, 0) is 22.6 Å². The third-order valence-electron chi connectivity index (χ3n) is 5.85. The zero-order valence-electron chi connectivity index (χ0n) is 16.6. The number of benzene rings is 1. The summed E-state index contributed by atoms with van der Waals surface area (Å²) in [6.45, 7) is 9.58. The van der Waals surface area contributed by atoms with Crippen molar-refractivity contribution in [3.63, 3.8) is 0 Å². The summed E-state index contributed by atoms with van der Waals surface area (Å²) in [4.78, 5) is 35.3. The standard InChI is InChI=1S/C21H26N4O2S/c1-4-24-9-8-16-18(12-24)28-21(22-16)23-20(27)15-10-19(26)25(11-15)17-7-5-6-13(2)14(17)3/h5-7,15H,4,8-12H2,1-3H3,(H,22,23,27)/t15-/m1/s1. The highest BCUT2D eigenvalue weighted by atomic mass is 32.1. The maximum absolute atomic E-state index is 12.8. The molecular weight excluding hydrogens is 372 g/mol. The average molecular weight is 399 g/mol. The van der Waals surface area contributed by atoms with Crippen LogP contribution < -0.4 is 10.2 Å². The van der Waals surface area contributed by atoms with Gasteiger partial charge in [0.1, 0.15) is 0 Å². The van der Waals surface area contributed by atoms with Crippen LogP contribution in [0.15, 0.2) is 18.2 Å². The number of fused-ring (bicyclic) bond motifs is 1. The number of rotatable bonds is 4. The summed E-state index contributed by atoms with van der Waals surface area (Å²) in [7, 11) is 0. The van der Waals surface area contributed by atoms with Gasteiger partial charge >= 0.3 is 0 Å². The fourth-order valence-corrected chi connectivity index (χ4v) is 4.98. The predicted octanol–water partition coefficient (Wildman–Crippen LogP) is 3.13. The van der Waals surface area contributed by atoms with Crippen molar-refractivity contribution in [2.45, 2.75) is 40.2 Å². The van der Waals surface area contributed by atoms with Crippen LogP contribution in [0.25, 0.3) is 0 Å². The molecule has 1 N–H and O–H groups in total. The van der Waals surface area contributed by atoms with Crippen molar-refractivity contribution in [3.05, 3.63) is 39.9 Å². The molecule has 2 aromatic rings. The fourth-order valence-electron chi connectivity index (χ4n) is 3.92. The Morgan fingerprint density at radius 3 is 2.96 bits per heavy atom. The summed E-state index contributed by atoms with van der Waals surface area (Å²) >= 11 is 1.56. The zero-order chi connectivity index (χ0) is 19.8. The Bertz CT molecular complexity index is 923. The number of aromatic nitrogens is 1. The first-order valence-corrected chi connectivity index (χ1v) is 10.7. The molecule has 0 aliphatic carbocycles. The van der Waals surface area contributed by atoms with Crippen molar-refractivity contribution in [2.24, 2.45) is 5.92 Å². The molecule has 1 saturated heterocycles. The van der Waals surface area contributed by atoms with E-state index in [9.17, 15) is 9.59 Å². The molecule has 2 aliphatic rings. The van der Waals surface area contributed by atoms with Crippen LogP contribution >= 0.6 is 11.3 Å². The van der Waals surface area contributed by atoms with Gasteiger partial charge < -0.3 is 10.2 Å². The lowest BCUT2D eigenvalue weighted by Crippen LogP contribution is -2.29. The maximum atomic E-state index is 12.8.